The van der Waals surface area contributed by atoms with Gasteiger partial charge in [0, 0.05) is 24.1 Å². The number of halogens is 1. The van der Waals surface area contributed by atoms with Crippen LogP contribution in [-0.2, 0) is 6.54 Å². The second-order valence-corrected chi connectivity index (χ2v) is 7.35. The molecule has 1 aliphatic carbocycles. The van der Waals surface area contributed by atoms with Crippen molar-refractivity contribution in [1.82, 2.24) is 14.7 Å². The van der Waals surface area contributed by atoms with Crippen molar-refractivity contribution in [3.63, 3.8) is 0 Å². The van der Waals surface area contributed by atoms with Crippen molar-refractivity contribution in [2.24, 2.45) is 0 Å². The molecular formula is C17H28BrN3. The van der Waals surface area contributed by atoms with Crippen molar-refractivity contribution in [3.05, 3.63) is 18.0 Å². The molecule has 3 nitrogen and oxygen atoms in total. The second kappa shape index (κ2) is 7.77. The number of nitrogens with zero attached hydrogens (tertiary/aromatic N) is 3. The van der Waals surface area contributed by atoms with E-state index in [0.717, 1.165) is 11.9 Å². The van der Waals surface area contributed by atoms with Crippen LogP contribution in [0.4, 0.5) is 0 Å². The highest BCUT2D eigenvalue weighted by molar-refractivity contribution is 9.09. The van der Waals surface area contributed by atoms with E-state index in [0.29, 0.717) is 12.1 Å². The monoisotopic (exact) mass is 353 g/mol. The van der Waals surface area contributed by atoms with Crippen LogP contribution in [0.15, 0.2) is 12.3 Å². The number of aromatic nitrogens is 2. The summed E-state index contributed by atoms with van der Waals surface area (Å²) in [6.45, 7) is 2.25. The maximum Gasteiger partial charge on any atom is 0.0765 e. The molecular weight excluding hydrogens is 326 g/mol. The highest BCUT2D eigenvalue weighted by atomic mass is 79.9. The Labute approximate surface area is 137 Å². The lowest BCUT2D eigenvalue weighted by Gasteiger charge is -2.27. The van der Waals surface area contributed by atoms with Gasteiger partial charge in [-0.2, -0.15) is 5.10 Å². The first-order chi connectivity index (χ1) is 10.4. The number of hydrogen-bond acceptors (Lipinski definition) is 2. The van der Waals surface area contributed by atoms with Gasteiger partial charge in [0.25, 0.3) is 0 Å². The highest BCUT2D eigenvalue weighted by Crippen LogP contribution is 2.28. The molecule has 1 atom stereocenters. The lowest BCUT2D eigenvalue weighted by Crippen LogP contribution is -2.35. The van der Waals surface area contributed by atoms with Gasteiger partial charge in [0.15, 0.2) is 0 Å². The lowest BCUT2D eigenvalue weighted by atomic mass is 9.96. The Bertz CT molecular complexity index is 425. The van der Waals surface area contributed by atoms with Crippen molar-refractivity contribution >= 4 is 15.9 Å². The molecule has 4 heteroatoms. The van der Waals surface area contributed by atoms with Crippen molar-refractivity contribution in [2.75, 3.05) is 11.9 Å². The predicted molar refractivity (Wildman–Crippen MR) is 90.8 cm³/mol. The molecule has 1 aliphatic heterocycles. The van der Waals surface area contributed by atoms with Crippen LogP contribution in [-0.4, -0.2) is 32.6 Å². The lowest BCUT2D eigenvalue weighted by molar-refractivity contribution is 0.205. The summed E-state index contributed by atoms with van der Waals surface area (Å²) in [6.07, 6.45) is 14.4. The first-order valence-electron chi connectivity index (χ1n) is 8.71. The van der Waals surface area contributed by atoms with E-state index in [4.69, 9.17) is 5.10 Å². The molecule has 0 aromatic carbocycles. The molecule has 0 radical (unpaired) electrons. The molecule has 0 N–H and O–H groups in total. The molecule has 1 unspecified atom stereocenters. The fraction of sp³-hybridized carbons (Fsp3) is 0.824. The maximum atomic E-state index is 4.89. The molecule has 1 saturated carbocycles. The summed E-state index contributed by atoms with van der Waals surface area (Å²) in [5, 5.41) is 5.98. The van der Waals surface area contributed by atoms with Crippen LogP contribution in [0.1, 0.15) is 69.5 Å². The van der Waals surface area contributed by atoms with E-state index >= 15 is 0 Å². The fourth-order valence-corrected chi connectivity index (χ4v) is 4.57. The maximum absolute atomic E-state index is 4.89. The van der Waals surface area contributed by atoms with Crippen LogP contribution >= 0.6 is 15.9 Å². The predicted octanol–water partition coefficient (Wildman–Crippen LogP) is 4.53. The van der Waals surface area contributed by atoms with Crippen molar-refractivity contribution in [2.45, 2.75) is 76.4 Å². The Morgan fingerprint density at radius 3 is 2.62 bits per heavy atom. The summed E-state index contributed by atoms with van der Waals surface area (Å²) in [5.41, 5.74) is 1.26. The Morgan fingerprint density at radius 2 is 1.81 bits per heavy atom. The van der Waals surface area contributed by atoms with Gasteiger partial charge in [0.2, 0.25) is 0 Å². The molecule has 118 valence electrons. The quantitative estimate of drug-likeness (QED) is 0.741. The molecule has 2 heterocycles. The summed E-state index contributed by atoms with van der Waals surface area (Å²) in [5.74, 6) is 0. The number of alkyl halides is 1. The Morgan fingerprint density at radius 1 is 1.05 bits per heavy atom. The average molecular weight is 354 g/mol. The van der Waals surface area contributed by atoms with E-state index in [2.05, 4.69) is 37.8 Å². The van der Waals surface area contributed by atoms with Crippen LogP contribution in [0.5, 0.6) is 0 Å². The van der Waals surface area contributed by atoms with Crippen molar-refractivity contribution < 1.29 is 0 Å². The zero-order valence-corrected chi connectivity index (χ0v) is 14.6. The van der Waals surface area contributed by atoms with E-state index in [-0.39, 0.29) is 0 Å². The van der Waals surface area contributed by atoms with Gasteiger partial charge < -0.3 is 0 Å². The minimum absolute atomic E-state index is 0.656. The topological polar surface area (TPSA) is 21.1 Å². The summed E-state index contributed by atoms with van der Waals surface area (Å²) in [7, 11) is 0. The van der Waals surface area contributed by atoms with E-state index in [9.17, 15) is 0 Å². The largest absolute Gasteiger partial charge is 0.294 e. The first kappa shape index (κ1) is 15.5. The number of hydrogen-bond donors (Lipinski definition) is 0. The molecule has 0 spiro atoms. The molecule has 0 bridgehead atoms. The summed E-state index contributed by atoms with van der Waals surface area (Å²) < 4.78 is 2.25. The first-order valence-corrected chi connectivity index (χ1v) is 9.83. The molecule has 21 heavy (non-hydrogen) atoms. The molecule has 0 amide bonds. The number of likely N-dealkylation sites (tertiary alicyclic amines) is 1. The molecule has 2 fully saturated rings. The Balaban J connectivity index is 1.62. The van der Waals surface area contributed by atoms with Gasteiger partial charge in [0.1, 0.15) is 0 Å². The molecule has 1 aromatic rings. The van der Waals surface area contributed by atoms with Crippen LogP contribution in [0.2, 0.25) is 0 Å². The van der Waals surface area contributed by atoms with Crippen molar-refractivity contribution in [3.8, 4) is 0 Å². The van der Waals surface area contributed by atoms with E-state index in [1.807, 2.05) is 0 Å². The van der Waals surface area contributed by atoms with Gasteiger partial charge in [-0.3, -0.25) is 9.58 Å². The minimum atomic E-state index is 0.656. The van der Waals surface area contributed by atoms with Gasteiger partial charge in [-0.1, -0.05) is 48.0 Å². The third kappa shape index (κ3) is 4.10. The third-order valence-corrected chi connectivity index (χ3v) is 5.90. The molecule has 1 saturated heterocycles. The van der Waals surface area contributed by atoms with Gasteiger partial charge in [-0.25, -0.2) is 0 Å². The molecule has 1 aromatic heterocycles. The second-order valence-electron chi connectivity index (χ2n) is 6.71. The normalized spacial score (nSPS) is 25.9. The van der Waals surface area contributed by atoms with E-state index in [1.54, 1.807) is 0 Å². The zero-order valence-electron chi connectivity index (χ0n) is 13.0. The standard InChI is InChI=1S/C17H28BrN3/c18-13-17-9-5-2-6-11-20(17)14-15-10-12-21(19-15)16-7-3-1-4-8-16/h10,12,16-17H,1-9,11,13-14H2. The SMILES string of the molecule is BrCC1CCCCCN1Cc1ccn(C2CCCCC2)n1. The molecule has 3 rings (SSSR count). The average Bonchev–Trinajstić information content (AvgIpc) is 2.88. The summed E-state index contributed by atoms with van der Waals surface area (Å²) >= 11 is 3.70. The van der Waals surface area contributed by atoms with Crippen LogP contribution in [0, 0.1) is 0 Å². The minimum Gasteiger partial charge on any atom is -0.294 e. The van der Waals surface area contributed by atoms with Crippen LogP contribution in [0.3, 0.4) is 0 Å². The zero-order chi connectivity index (χ0) is 14.5. The van der Waals surface area contributed by atoms with Gasteiger partial charge in [-0.15, -0.1) is 0 Å². The summed E-state index contributed by atoms with van der Waals surface area (Å²) in [6, 6.07) is 3.58. The van der Waals surface area contributed by atoms with Crippen LogP contribution < -0.4 is 0 Å². The van der Waals surface area contributed by atoms with Crippen LogP contribution in [0.25, 0.3) is 0 Å². The smallest absolute Gasteiger partial charge is 0.0765 e. The van der Waals surface area contributed by atoms with Crippen molar-refractivity contribution in [1.29, 1.82) is 0 Å². The van der Waals surface area contributed by atoms with Gasteiger partial charge in [-0.05, 0) is 38.3 Å². The Kier molecular flexibility index (Phi) is 5.75. The summed E-state index contributed by atoms with van der Waals surface area (Å²) in [4.78, 5) is 2.63. The van der Waals surface area contributed by atoms with Gasteiger partial charge in [0.05, 0.1) is 11.7 Å². The van der Waals surface area contributed by atoms with Gasteiger partial charge >= 0.3 is 0 Å². The Hall–Kier alpha value is -0.350. The molecule has 2 aliphatic rings. The number of rotatable bonds is 4. The highest BCUT2D eigenvalue weighted by Gasteiger charge is 2.21. The third-order valence-electron chi connectivity index (χ3n) is 5.15. The fourth-order valence-electron chi connectivity index (χ4n) is 3.84. The van der Waals surface area contributed by atoms with E-state index < -0.39 is 0 Å². The van der Waals surface area contributed by atoms with E-state index in [1.165, 1.54) is 70.0 Å².